The molecule has 0 aromatic carbocycles. The predicted octanol–water partition coefficient (Wildman–Crippen LogP) is 2.41. The van der Waals surface area contributed by atoms with Gasteiger partial charge in [0, 0.05) is 57.2 Å². The summed E-state index contributed by atoms with van der Waals surface area (Å²) in [4.78, 5) is 9.70. The highest BCUT2D eigenvalue weighted by Gasteiger charge is 2.51. The second-order valence-corrected chi connectivity index (χ2v) is 8.24. The number of piperidine rings is 1. The number of rotatable bonds is 7. The third-order valence-electron chi connectivity index (χ3n) is 6.20. The van der Waals surface area contributed by atoms with Crippen molar-refractivity contribution in [1.82, 2.24) is 14.8 Å². The van der Waals surface area contributed by atoms with Crippen LogP contribution in [-0.4, -0.2) is 67.3 Å². The van der Waals surface area contributed by atoms with Crippen LogP contribution < -0.4 is 4.74 Å². The molecule has 0 unspecified atom stereocenters. The van der Waals surface area contributed by atoms with Crippen molar-refractivity contribution in [3.8, 4) is 5.88 Å². The lowest BCUT2D eigenvalue weighted by Crippen LogP contribution is -2.72. The van der Waals surface area contributed by atoms with Crippen LogP contribution in [0.3, 0.4) is 0 Å². The molecule has 4 rings (SSSR count). The number of nitrogens with zero attached hydrogens (tertiary/aromatic N) is 3. The van der Waals surface area contributed by atoms with E-state index in [9.17, 15) is 0 Å². The minimum atomic E-state index is 0.374. The summed E-state index contributed by atoms with van der Waals surface area (Å²) in [6, 6.07) is 4.13. The summed E-state index contributed by atoms with van der Waals surface area (Å²) in [5, 5.41) is 0. The van der Waals surface area contributed by atoms with Gasteiger partial charge in [-0.3, -0.25) is 9.80 Å². The molecule has 1 spiro atoms. The molecule has 2 aliphatic heterocycles. The molecule has 0 amide bonds. The minimum absolute atomic E-state index is 0.374. The van der Waals surface area contributed by atoms with Gasteiger partial charge in [-0.2, -0.15) is 0 Å². The lowest BCUT2D eigenvalue weighted by atomic mass is 9.74. The van der Waals surface area contributed by atoms with E-state index in [0.29, 0.717) is 5.54 Å². The molecule has 1 saturated carbocycles. The van der Waals surface area contributed by atoms with Crippen molar-refractivity contribution in [1.29, 1.82) is 0 Å². The summed E-state index contributed by atoms with van der Waals surface area (Å²) in [7, 11) is 3.54. The maximum atomic E-state index is 5.47. The van der Waals surface area contributed by atoms with E-state index < -0.39 is 0 Å². The second-order valence-electron chi connectivity index (χ2n) is 8.24. The molecule has 2 saturated heterocycles. The molecule has 3 fully saturated rings. The van der Waals surface area contributed by atoms with Crippen molar-refractivity contribution in [3.05, 3.63) is 23.9 Å². The summed E-state index contributed by atoms with van der Waals surface area (Å²) in [5.74, 6) is 2.44. The average Bonchev–Trinajstić information content (AvgIpc) is 3.40. The van der Waals surface area contributed by atoms with Crippen LogP contribution in [0.5, 0.6) is 5.88 Å². The molecule has 25 heavy (non-hydrogen) atoms. The van der Waals surface area contributed by atoms with E-state index in [1.165, 1.54) is 44.3 Å². The molecule has 138 valence electrons. The van der Waals surface area contributed by atoms with E-state index in [1.807, 2.05) is 13.2 Å². The first-order chi connectivity index (χ1) is 12.2. The van der Waals surface area contributed by atoms with E-state index in [2.05, 4.69) is 20.9 Å². The highest BCUT2D eigenvalue weighted by molar-refractivity contribution is 5.26. The molecular formula is C20H31N3O2. The van der Waals surface area contributed by atoms with Crippen LogP contribution >= 0.6 is 0 Å². The van der Waals surface area contributed by atoms with Crippen LogP contribution in [0, 0.1) is 11.8 Å². The van der Waals surface area contributed by atoms with Crippen LogP contribution in [-0.2, 0) is 11.3 Å². The molecule has 1 atom stereocenters. The Balaban J connectivity index is 1.41. The zero-order valence-electron chi connectivity index (χ0n) is 15.6. The van der Waals surface area contributed by atoms with Crippen LogP contribution in [0.1, 0.15) is 31.2 Å². The third kappa shape index (κ3) is 3.69. The van der Waals surface area contributed by atoms with E-state index >= 15 is 0 Å². The average molecular weight is 345 g/mol. The van der Waals surface area contributed by atoms with Crippen LogP contribution in [0.4, 0.5) is 0 Å². The maximum absolute atomic E-state index is 5.47. The number of likely N-dealkylation sites (tertiary alicyclic amines) is 2. The number of hydrogen-bond acceptors (Lipinski definition) is 5. The van der Waals surface area contributed by atoms with E-state index in [1.54, 1.807) is 13.3 Å². The second kappa shape index (κ2) is 7.22. The normalized spacial score (nSPS) is 26.6. The van der Waals surface area contributed by atoms with Gasteiger partial charge in [0.1, 0.15) is 0 Å². The van der Waals surface area contributed by atoms with Gasteiger partial charge in [0.25, 0.3) is 0 Å². The van der Waals surface area contributed by atoms with Crippen molar-refractivity contribution >= 4 is 0 Å². The first kappa shape index (κ1) is 17.3. The smallest absolute Gasteiger partial charge is 0.217 e. The molecule has 1 aliphatic carbocycles. The van der Waals surface area contributed by atoms with Crippen molar-refractivity contribution in [2.75, 3.05) is 47.0 Å². The molecule has 0 N–H and O–H groups in total. The Labute approximate surface area is 151 Å². The molecule has 3 heterocycles. The maximum Gasteiger partial charge on any atom is 0.217 e. The first-order valence-electron chi connectivity index (χ1n) is 9.66. The molecule has 5 heteroatoms. The summed E-state index contributed by atoms with van der Waals surface area (Å²) in [6.07, 6.45) is 7.25. The number of aromatic nitrogens is 1. The standard InChI is InChI=1S/C20H31N3O2/c1-24-13-17-7-9-23(11-16-5-6-16)20(10-17)14-22(15-20)12-18-4-3-8-21-19(18)25-2/h3-4,8,16-17H,5-7,9-15H2,1-2H3/t17-/m0/s1. The van der Waals surface area contributed by atoms with Gasteiger partial charge in [-0.25, -0.2) is 4.98 Å². The van der Waals surface area contributed by atoms with Gasteiger partial charge in [-0.1, -0.05) is 6.07 Å². The summed E-state index contributed by atoms with van der Waals surface area (Å²) < 4.78 is 10.9. The molecular weight excluding hydrogens is 314 g/mol. The number of hydrogen-bond donors (Lipinski definition) is 0. The summed E-state index contributed by atoms with van der Waals surface area (Å²) in [5.41, 5.74) is 1.57. The van der Waals surface area contributed by atoms with Crippen LogP contribution in [0.2, 0.25) is 0 Å². The van der Waals surface area contributed by atoms with Crippen molar-refractivity contribution in [2.45, 2.75) is 37.8 Å². The van der Waals surface area contributed by atoms with Crippen LogP contribution in [0.15, 0.2) is 18.3 Å². The van der Waals surface area contributed by atoms with Gasteiger partial charge in [0.05, 0.1) is 7.11 Å². The fourth-order valence-corrected chi connectivity index (χ4v) is 4.82. The highest BCUT2D eigenvalue weighted by atomic mass is 16.5. The topological polar surface area (TPSA) is 37.8 Å². The van der Waals surface area contributed by atoms with Gasteiger partial charge in [0.2, 0.25) is 5.88 Å². The van der Waals surface area contributed by atoms with Gasteiger partial charge < -0.3 is 9.47 Å². The Morgan fingerprint density at radius 3 is 2.76 bits per heavy atom. The zero-order valence-corrected chi connectivity index (χ0v) is 15.6. The Morgan fingerprint density at radius 2 is 2.04 bits per heavy atom. The number of methoxy groups -OCH3 is 2. The van der Waals surface area contributed by atoms with Crippen molar-refractivity contribution in [3.63, 3.8) is 0 Å². The van der Waals surface area contributed by atoms with Crippen molar-refractivity contribution < 1.29 is 9.47 Å². The first-order valence-corrected chi connectivity index (χ1v) is 9.66. The summed E-state index contributed by atoms with van der Waals surface area (Å²) >= 11 is 0. The SMILES string of the molecule is COC[C@H]1CCN(CC2CC2)C2(C1)CN(Cc1cccnc1OC)C2. The fraction of sp³-hybridized carbons (Fsp3) is 0.750. The Morgan fingerprint density at radius 1 is 1.20 bits per heavy atom. The summed E-state index contributed by atoms with van der Waals surface area (Å²) in [6.45, 7) is 6.73. The fourth-order valence-electron chi connectivity index (χ4n) is 4.82. The highest BCUT2D eigenvalue weighted by Crippen LogP contribution is 2.42. The molecule has 1 aromatic heterocycles. The quantitative estimate of drug-likeness (QED) is 0.759. The molecule has 0 radical (unpaired) electrons. The minimum Gasteiger partial charge on any atom is -0.481 e. The Hall–Kier alpha value is -1.17. The van der Waals surface area contributed by atoms with Gasteiger partial charge in [0.15, 0.2) is 0 Å². The lowest BCUT2D eigenvalue weighted by Gasteiger charge is -2.60. The largest absolute Gasteiger partial charge is 0.481 e. The number of pyridine rings is 1. The monoisotopic (exact) mass is 345 g/mol. The van der Waals surface area contributed by atoms with Gasteiger partial charge in [-0.15, -0.1) is 0 Å². The van der Waals surface area contributed by atoms with E-state index in [4.69, 9.17) is 9.47 Å². The molecule has 5 nitrogen and oxygen atoms in total. The lowest BCUT2D eigenvalue weighted by molar-refractivity contribution is -0.104. The predicted molar refractivity (Wildman–Crippen MR) is 97.7 cm³/mol. The molecule has 3 aliphatic rings. The number of ether oxygens (including phenoxy) is 2. The Bertz CT molecular complexity index is 584. The molecule has 1 aromatic rings. The zero-order chi connectivity index (χ0) is 17.3. The third-order valence-corrected chi connectivity index (χ3v) is 6.20. The van der Waals surface area contributed by atoms with Gasteiger partial charge >= 0.3 is 0 Å². The van der Waals surface area contributed by atoms with Crippen molar-refractivity contribution in [2.24, 2.45) is 11.8 Å². The van der Waals surface area contributed by atoms with Crippen LogP contribution in [0.25, 0.3) is 0 Å². The van der Waals surface area contributed by atoms with E-state index in [-0.39, 0.29) is 0 Å². The Kier molecular flexibility index (Phi) is 4.98. The van der Waals surface area contributed by atoms with Gasteiger partial charge in [-0.05, 0) is 50.1 Å². The molecule has 0 bridgehead atoms. The van der Waals surface area contributed by atoms with E-state index in [0.717, 1.165) is 44.0 Å².